The van der Waals surface area contributed by atoms with E-state index in [4.69, 9.17) is 4.74 Å². The summed E-state index contributed by atoms with van der Waals surface area (Å²) in [4.78, 5) is 15.9. The molecule has 120 valence electrons. The molecule has 3 rings (SSSR count). The molecule has 1 aliphatic rings. The molecule has 0 saturated heterocycles. The van der Waals surface area contributed by atoms with Crippen molar-refractivity contribution in [1.29, 1.82) is 0 Å². The Labute approximate surface area is 135 Å². The van der Waals surface area contributed by atoms with Gasteiger partial charge in [0.15, 0.2) is 0 Å². The summed E-state index contributed by atoms with van der Waals surface area (Å²) in [5.74, 6) is 0.0643. The number of methoxy groups -OCH3 is 1. The Hall–Kier alpha value is -2.56. The summed E-state index contributed by atoms with van der Waals surface area (Å²) in [6, 6.07) is 11.6. The summed E-state index contributed by atoms with van der Waals surface area (Å²) in [5.41, 5.74) is 1.90. The van der Waals surface area contributed by atoms with Crippen molar-refractivity contribution in [3.63, 3.8) is 0 Å². The molecule has 1 saturated carbocycles. The van der Waals surface area contributed by atoms with Crippen LogP contribution in [0.4, 0.5) is 5.69 Å². The molecule has 2 aromatic rings. The molecule has 1 aromatic heterocycles. The monoisotopic (exact) mass is 312 g/mol. The summed E-state index contributed by atoms with van der Waals surface area (Å²) >= 11 is 0. The van der Waals surface area contributed by atoms with Crippen molar-refractivity contribution < 1.29 is 14.6 Å². The van der Waals surface area contributed by atoms with E-state index in [9.17, 15) is 9.90 Å². The zero-order valence-corrected chi connectivity index (χ0v) is 13.1. The molecule has 0 bridgehead atoms. The van der Waals surface area contributed by atoms with E-state index >= 15 is 0 Å². The maximum absolute atomic E-state index is 11.5. The highest BCUT2D eigenvalue weighted by atomic mass is 16.5. The lowest BCUT2D eigenvalue weighted by molar-refractivity contribution is -0.147. The van der Waals surface area contributed by atoms with Crippen LogP contribution >= 0.6 is 0 Å². The van der Waals surface area contributed by atoms with Crippen molar-refractivity contribution in [3.05, 3.63) is 53.9 Å². The number of pyridine rings is 1. The molecular weight excluding hydrogens is 292 g/mol. The SMILES string of the molecule is COc1ccc(CNc2ccc(C3(C(=O)O)CCC3)nc2)cc1. The molecule has 0 atom stereocenters. The maximum atomic E-state index is 11.5. The first-order valence-electron chi connectivity index (χ1n) is 7.71. The van der Waals surface area contributed by atoms with Crippen molar-refractivity contribution in [3.8, 4) is 5.75 Å². The van der Waals surface area contributed by atoms with Crippen LogP contribution in [-0.4, -0.2) is 23.2 Å². The van der Waals surface area contributed by atoms with E-state index in [1.807, 2.05) is 36.4 Å². The fourth-order valence-electron chi connectivity index (χ4n) is 2.84. The Morgan fingerprint density at radius 2 is 2.00 bits per heavy atom. The summed E-state index contributed by atoms with van der Waals surface area (Å²) in [5, 5.41) is 12.7. The molecule has 1 aliphatic carbocycles. The van der Waals surface area contributed by atoms with Gasteiger partial charge in [0.2, 0.25) is 0 Å². The number of carboxylic acids is 1. The van der Waals surface area contributed by atoms with Crippen LogP contribution in [0.3, 0.4) is 0 Å². The number of rotatable bonds is 6. The van der Waals surface area contributed by atoms with Gasteiger partial charge < -0.3 is 15.2 Å². The average Bonchev–Trinajstić information content (AvgIpc) is 2.53. The van der Waals surface area contributed by atoms with Gasteiger partial charge in [-0.1, -0.05) is 18.6 Å². The van der Waals surface area contributed by atoms with E-state index in [1.165, 1.54) is 0 Å². The second-order valence-electron chi connectivity index (χ2n) is 5.87. The number of aliphatic carboxylic acids is 1. The fourth-order valence-corrected chi connectivity index (χ4v) is 2.84. The topological polar surface area (TPSA) is 71.5 Å². The number of anilines is 1. The highest BCUT2D eigenvalue weighted by molar-refractivity contribution is 5.82. The lowest BCUT2D eigenvalue weighted by atomic mass is 9.66. The van der Waals surface area contributed by atoms with E-state index < -0.39 is 11.4 Å². The van der Waals surface area contributed by atoms with Gasteiger partial charge in [-0.15, -0.1) is 0 Å². The van der Waals surface area contributed by atoms with E-state index in [0.717, 1.165) is 23.4 Å². The van der Waals surface area contributed by atoms with E-state index in [2.05, 4.69) is 10.3 Å². The Bertz CT molecular complexity index is 676. The van der Waals surface area contributed by atoms with Gasteiger partial charge in [0.05, 0.1) is 24.7 Å². The van der Waals surface area contributed by atoms with Crippen molar-refractivity contribution in [2.24, 2.45) is 0 Å². The Kier molecular flexibility index (Phi) is 4.19. The normalized spacial score (nSPS) is 15.5. The number of hydrogen-bond donors (Lipinski definition) is 2. The lowest BCUT2D eigenvalue weighted by Gasteiger charge is -2.36. The number of nitrogens with one attached hydrogen (secondary N) is 1. The van der Waals surface area contributed by atoms with Crippen LogP contribution in [0.1, 0.15) is 30.5 Å². The smallest absolute Gasteiger partial charge is 0.315 e. The number of nitrogens with zero attached hydrogens (tertiary/aromatic N) is 1. The first-order valence-corrected chi connectivity index (χ1v) is 7.71. The van der Waals surface area contributed by atoms with Crippen molar-refractivity contribution in [1.82, 2.24) is 4.98 Å². The number of benzene rings is 1. The summed E-state index contributed by atoms with van der Waals surface area (Å²) < 4.78 is 5.13. The van der Waals surface area contributed by atoms with Crippen LogP contribution in [0, 0.1) is 0 Å². The van der Waals surface area contributed by atoms with Crippen LogP contribution in [0.5, 0.6) is 5.75 Å². The highest BCUT2D eigenvalue weighted by Gasteiger charge is 2.47. The van der Waals surface area contributed by atoms with Gasteiger partial charge in [-0.05, 0) is 42.7 Å². The summed E-state index contributed by atoms with van der Waals surface area (Å²) in [7, 11) is 1.65. The first-order chi connectivity index (χ1) is 11.1. The van der Waals surface area contributed by atoms with E-state index in [1.54, 1.807) is 13.3 Å². The number of carboxylic acid groups (broad SMARTS) is 1. The zero-order valence-electron chi connectivity index (χ0n) is 13.1. The Balaban J connectivity index is 1.64. The highest BCUT2D eigenvalue weighted by Crippen LogP contribution is 2.43. The molecule has 23 heavy (non-hydrogen) atoms. The second-order valence-corrected chi connectivity index (χ2v) is 5.87. The van der Waals surface area contributed by atoms with Crippen LogP contribution in [-0.2, 0) is 16.8 Å². The van der Waals surface area contributed by atoms with Gasteiger partial charge in [0.25, 0.3) is 0 Å². The lowest BCUT2D eigenvalue weighted by Crippen LogP contribution is -2.43. The summed E-state index contributed by atoms with van der Waals surface area (Å²) in [6.07, 6.45) is 4.01. The van der Waals surface area contributed by atoms with Crippen LogP contribution < -0.4 is 10.1 Å². The van der Waals surface area contributed by atoms with Gasteiger partial charge in [-0.3, -0.25) is 9.78 Å². The Morgan fingerprint density at radius 1 is 1.26 bits per heavy atom. The van der Waals surface area contributed by atoms with Gasteiger partial charge >= 0.3 is 5.97 Å². The number of aromatic nitrogens is 1. The van der Waals surface area contributed by atoms with Crippen molar-refractivity contribution >= 4 is 11.7 Å². The molecule has 0 radical (unpaired) electrons. The number of hydrogen-bond acceptors (Lipinski definition) is 4. The Morgan fingerprint density at radius 3 is 2.48 bits per heavy atom. The average molecular weight is 312 g/mol. The molecule has 1 aromatic carbocycles. The maximum Gasteiger partial charge on any atom is 0.315 e. The van der Waals surface area contributed by atoms with Gasteiger partial charge in [0, 0.05) is 6.54 Å². The summed E-state index contributed by atoms with van der Waals surface area (Å²) in [6.45, 7) is 0.676. The van der Waals surface area contributed by atoms with Crippen molar-refractivity contribution in [2.75, 3.05) is 12.4 Å². The van der Waals surface area contributed by atoms with Gasteiger partial charge in [0.1, 0.15) is 11.2 Å². The molecule has 5 heteroatoms. The van der Waals surface area contributed by atoms with Crippen LogP contribution in [0.15, 0.2) is 42.6 Å². The van der Waals surface area contributed by atoms with E-state index in [-0.39, 0.29) is 0 Å². The third kappa shape index (κ3) is 2.99. The minimum Gasteiger partial charge on any atom is -0.497 e. The molecule has 5 nitrogen and oxygen atoms in total. The quantitative estimate of drug-likeness (QED) is 0.857. The molecule has 1 fully saturated rings. The third-order valence-corrected chi connectivity index (χ3v) is 4.53. The minimum atomic E-state index is -0.769. The second kappa shape index (κ2) is 6.28. The third-order valence-electron chi connectivity index (χ3n) is 4.53. The van der Waals surface area contributed by atoms with Crippen LogP contribution in [0.25, 0.3) is 0 Å². The number of ether oxygens (including phenoxy) is 1. The fraction of sp³-hybridized carbons (Fsp3) is 0.333. The van der Waals surface area contributed by atoms with Gasteiger partial charge in [-0.2, -0.15) is 0 Å². The minimum absolute atomic E-state index is 0.659. The number of carbonyl (C=O) groups is 1. The molecule has 0 spiro atoms. The first kappa shape index (κ1) is 15.3. The predicted molar refractivity (Wildman–Crippen MR) is 87.7 cm³/mol. The molecule has 0 unspecified atom stereocenters. The van der Waals surface area contributed by atoms with Gasteiger partial charge in [-0.25, -0.2) is 0 Å². The molecule has 0 aliphatic heterocycles. The van der Waals surface area contributed by atoms with Crippen molar-refractivity contribution in [2.45, 2.75) is 31.2 Å². The largest absolute Gasteiger partial charge is 0.497 e. The molecule has 2 N–H and O–H groups in total. The molecular formula is C18H20N2O3. The zero-order chi connectivity index (χ0) is 16.3. The van der Waals surface area contributed by atoms with E-state index in [0.29, 0.717) is 25.1 Å². The molecule has 1 heterocycles. The molecule has 0 amide bonds. The standard InChI is InChI=1S/C18H20N2O3/c1-23-15-6-3-13(4-7-15)11-19-14-5-8-16(20-12-14)18(17(21)22)9-2-10-18/h3-8,12,19H,2,9-11H2,1H3,(H,21,22). The van der Waals surface area contributed by atoms with Crippen LogP contribution in [0.2, 0.25) is 0 Å². The predicted octanol–water partition coefficient (Wildman–Crippen LogP) is 3.21.